The van der Waals surface area contributed by atoms with E-state index in [4.69, 9.17) is 18.5 Å². The zero-order valence-electron chi connectivity index (χ0n) is 40.6. The maximum Gasteiger partial charge on any atom is 0.472 e. The van der Waals surface area contributed by atoms with Gasteiger partial charge in [-0.15, -0.1) is 0 Å². The lowest BCUT2D eigenvalue weighted by atomic mass is 9.87. The molecule has 14 heteroatoms. The number of ether oxygens (including phenoxy) is 2. The van der Waals surface area contributed by atoms with E-state index in [0.29, 0.717) is 36.7 Å². The molecule has 0 aromatic heterocycles. The molecule has 1 fully saturated rings. The number of hydrogen-bond donors (Lipinski definition) is 4. The maximum atomic E-state index is 12.9. The Bertz CT molecular complexity index is 1360. The number of rotatable bonds is 41. The van der Waals surface area contributed by atoms with E-state index in [1.54, 1.807) is 12.2 Å². The molecule has 1 aliphatic rings. The number of phosphoric ester groups is 1. The number of aliphatic hydroxyl groups excluding tert-OH is 3. The third-order valence-corrected chi connectivity index (χ3v) is 12.6. The van der Waals surface area contributed by atoms with Crippen molar-refractivity contribution >= 4 is 25.5 Å². The Labute approximate surface area is 387 Å². The number of allylic oxidation sites excluding steroid dienone is 4. The minimum Gasteiger partial charge on any atom is -0.462 e. The molecule has 0 heterocycles. The van der Waals surface area contributed by atoms with E-state index >= 15 is 0 Å². The van der Waals surface area contributed by atoms with Crippen LogP contribution in [0.4, 0.5) is 0 Å². The largest absolute Gasteiger partial charge is 0.472 e. The molecule has 0 aromatic rings. The van der Waals surface area contributed by atoms with Crippen molar-refractivity contribution in [3.8, 4) is 0 Å². The standard InChI is InChI=1S/C50H90NO12P/c1-6-8-10-11-12-13-14-15-16-17-18-19-20-21-22-23-24-25-27-32-49(56)60-40-44(41-62-64(58,59)61-37-36-51(3,4)5)63-50(57)33-29-28-31-43(53)38-46-45(47(54)39-48(46)55)35-34-42(52)30-26-9-7-2/h12-13,15-16,34-35,42,44-48,52,54-55H,6-11,14,17-33,36-41H2,1-5H3/p+1/b13-12-,16-15-,35-34+/t42-,44+,45+,46+,47+,48-/m0/s1. The fourth-order valence-electron chi connectivity index (χ4n) is 7.63. The number of ketones is 1. The number of Topliss-reactive ketones (excluding diaryl/α,β-unsaturated/α-hetero) is 1. The molecule has 0 saturated heterocycles. The molecule has 0 radical (unpaired) electrons. The highest BCUT2D eigenvalue weighted by Crippen LogP contribution is 2.43. The van der Waals surface area contributed by atoms with Crippen LogP contribution in [0, 0.1) is 11.8 Å². The molecule has 64 heavy (non-hydrogen) atoms. The van der Waals surface area contributed by atoms with Crippen molar-refractivity contribution < 1.29 is 62.2 Å². The topological polar surface area (TPSA) is 186 Å². The van der Waals surface area contributed by atoms with E-state index in [2.05, 4.69) is 38.2 Å². The molecule has 4 N–H and O–H groups in total. The second-order valence-corrected chi connectivity index (χ2v) is 20.3. The number of carbonyl (C=O) groups is 3. The first-order valence-corrected chi connectivity index (χ1v) is 26.4. The van der Waals surface area contributed by atoms with E-state index in [-0.39, 0.29) is 51.1 Å². The molecule has 1 unspecified atom stereocenters. The summed E-state index contributed by atoms with van der Waals surface area (Å²) >= 11 is 0. The zero-order valence-corrected chi connectivity index (χ0v) is 41.5. The van der Waals surface area contributed by atoms with Crippen molar-refractivity contribution in [2.24, 2.45) is 11.8 Å². The number of hydrogen-bond acceptors (Lipinski definition) is 11. The van der Waals surface area contributed by atoms with Crippen LogP contribution < -0.4 is 0 Å². The van der Waals surface area contributed by atoms with Gasteiger partial charge in [0.2, 0.25) is 0 Å². The van der Waals surface area contributed by atoms with Crippen LogP contribution in [0.1, 0.15) is 181 Å². The second kappa shape index (κ2) is 36.8. The number of quaternary nitrogens is 1. The van der Waals surface area contributed by atoms with Gasteiger partial charge in [-0.2, -0.15) is 0 Å². The second-order valence-electron chi connectivity index (χ2n) is 18.8. The number of carbonyl (C=O) groups excluding carboxylic acids is 3. The summed E-state index contributed by atoms with van der Waals surface area (Å²) in [5.74, 6) is -2.09. The van der Waals surface area contributed by atoms with Gasteiger partial charge in [-0.3, -0.25) is 23.4 Å². The summed E-state index contributed by atoms with van der Waals surface area (Å²) in [6.07, 6.45) is 31.0. The number of likely N-dealkylation sites (N-methyl/N-ethyl adjacent to an activating group) is 1. The molecular formula is C50H91NO12P+. The Morgan fingerprint density at radius 3 is 1.91 bits per heavy atom. The van der Waals surface area contributed by atoms with Crippen LogP contribution in [0.3, 0.4) is 0 Å². The third-order valence-electron chi connectivity index (χ3n) is 11.6. The SMILES string of the molecule is CCCCC/C=C\C/C=C\CCCCCCCCCCCC(=O)OC[C@H](COP(=O)(O)OCC[N+](C)(C)C)OC(=O)CCCCC(=O)C[C@@H]1[C@@H](/C=C/[C@@H](O)CCCCC)[C@H](O)C[C@@H]1O. The van der Waals surface area contributed by atoms with E-state index in [9.17, 15) is 39.2 Å². The highest BCUT2D eigenvalue weighted by Gasteiger charge is 2.41. The molecule has 1 saturated carbocycles. The molecule has 13 nitrogen and oxygen atoms in total. The average Bonchev–Trinajstić information content (AvgIpc) is 3.50. The van der Waals surface area contributed by atoms with Gasteiger partial charge in [0, 0.05) is 43.9 Å². The van der Waals surface area contributed by atoms with Crippen molar-refractivity contribution in [3.63, 3.8) is 0 Å². The third kappa shape index (κ3) is 33.3. The van der Waals surface area contributed by atoms with Gasteiger partial charge < -0.3 is 34.2 Å². The fourth-order valence-corrected chi connectivity index (χ4v) is 8.37. The number of nitrogens with zero attached hydrogens (tertiary/aromatic N) is 1. The average molecular weight is 929 g/mol. The number of phosphoric acid groups is 1. The van der Waals surface area contributed by atoms with Gasteiger partial charge in [-0.25, -0.2) is 4.57 Å². The Kier molecular flexibility index (Phi) is 34.4. The highest BCUT2D eigenvalue weighted by molar-refractivity contribution is 7.47. The molecular weight excluding hydrogens is 838 g/mol. The summed E-state index contributed by atoms with van der Waals surface area (Å²) in [4.78, 5) is 48.6. The predicted molar refractivity (Wildman–Crippen MR) is 254 cm³/mol. The summed E-state index contributed by atoms with van der Waals surface area (Å²) in [6.45, 7) is 3.86. The predicted octanol–water partition coefficient (Wildman–Crippen LogP) is 10.0. The molecule has 372 valence electrons. The van der Waals surface area contributed by atoms with Gasteiger partial charge in [-0.05, 0) is 57.8 Å². The quantitative estimate of drug-likeness (QED) is 0.0150. The van der Waals surface area contributed by atoms with Crippen LogP contribution in [0.5, 0.6) is 0 Å². The van der Waals surface area contributed by atoms with Gasteiger partial charge in [0.25, 0.3) is 0 Å². The van der Waals surface area contributed by atoms with Crippen LogP contribution in [0.15, 0.2) is 36.5 Å². The van der Waals surface area contributed by atoms with Crippen LogP contribution >= 0.6 is 7.82 Å². The summed E-state index contributed by atoms with van der Waals surface area (Å²) < 4.78 is 34.2. The van der Waals surface area contributed by atoms with Crippen LogP contribution in [0.2, 0.25) is 0 Å². The van der Waals surface area contributed by atoms with Gasteiger partial charge in [0.05, 0.1) is 46.1 Å². The van der Waals surface area contributed by atoms with Gasteiger partial charge in [0.1, 0.15) is 25.5 Å². The first-order chi connectivity index (χ1) is 30.6. The molecule has 0 aromatic carbocycles. The van der Waals surface area contributed by atoms with E-state index in [0.717, 1.165) is 51.4 Å². The Morgan fingerprint density at radius 2 is 1.27 bits per heavy atom. The summed E-state index contributed by atoms with van der Waals surface area (Å²) in [6, 6.07) is 0. The van der Waals surface area contributed by atoms with Crippen LogP contribution in [-0.4, -0.2) is 114 Å². The lowest BCUT2D eigenvalue weighted by molar-refractivity contribution is -0.870. The van der Waals surface area contributed by atoms with Crippen molar-refractivity contribution in [1.29, 1.82) is 0 Å². The fraction of sp³-hybridized carbons (Fsp3) is 0.820. The molecule has 0 spiro atoms. The molecule has 1 rings (SSSR count). The lowest BCUT2D eigenvalue weighted by Gasteiger charge is -2.24. The molecule has 0 amide bonds. The summed E-state index contributed by atoms with van der Waals surface area (Å²) in [5.41, 5.74) is 0. The Morgan fingerprint density at radius 1 is 0.703 bits per heavy atom. The normalized spacial score (nSPS) is 20.0. The molecule has 0 aliphatic heterocycles. The Hall–Kier alpha value is -2.22. The van der Waals surface area contributed by atoms with E-state index in [1.165, 1.54) is 57.8 Å². The van der Waals surface area contributed by atoms with Crippen molar-refractivity contribution in [3.05, 3.63) is 36.5 Å². The number of unbranched alkanes of at least 4 members (excludes halogenated alkanes) is 15. The van der Waals surface area contributed by atoms with E-state index < -0.39 is 62.6 Å². The number of aliphatic hydroxyl groups is 3. The van der Waals surface area contributed by atoms with Crippen molar-refractivity contribution in [2.75, 3.05) is 47.5 Å². The summed E-state index contributed by atoms with van der Waals surface area (Å²) in [7, 11) is 1.25. The lowest BCUT2D eigenvalue weighted by Crippen LogP contribution is -2.37. The van der Waals surface area contributed by atoms with E-state index in [1.807, 2.05) is 21.1 Å². The molecule has 7 atom stereocenters. The minimum atomic E-state index is -4.49. The first kappa shape index (κ1) is 59.8. The Balaban J connectivity index is 2.46. The zero-order chi connectivity index (χ0) is 47.5. The highest BCUT2D eigenvalue weighted by atomic mass is 31.2. The van der Waals surface area contributed by atoms with Gasteiger partial charge in [-0.1, -0.05) is 127 Å². The number of esters is 2. The monoisotopic (exact) mass is 929 g/mol. The van der Waals surface area contributed by atoms with Crippen LogP contribution in [-0.2, 0) is 37.5 Å². The molecule has 1 aliphatic carbocycles. The maximum absolute atomic E-state index is 12.9. The van der Waals surface area contributed by atoms with Crippen molar-refractivity contribution in [2.45, 2.75) is 205 Å². The van der Waals surface area contributed by atoms with Gasteiger partial charge >= 0.3 is 19.8 Å². The molecule has 0 bridgehead atoms. The van der Waals surface area contributed by atoms with Crippen LogP contribution in [0.25, 0.3) is 0 Å². The van der Waals surface area contributed by atoms with Crippen molar-refractivity contribution in [1.82, 2.24) is 0 Å². The smallest absolute Gasteiger partial charge is 0.462 e. The van der Waals surface area contributed by atoms with Gasteiger partial charge in [0.15, 0.2) is 6.10 Å². The first-order valence-electron chi connectivity index (χ1n) is 24.9. The summed E-state index contributed by atoms with van der Waals surface area (Å²) in [5, 5.41) is 31.4. The minimum absolute atomic E-state index is 0.0368.